The van der Waals surface area contributed by atoms with E-state index in [9.17, 15) is 28.3 Å². The van der Waals surface area contributed by atoms with E-state index in [-0.39, 0.29) is 42.3 Å². The number of aliphatic hydroxyl groups is 1. The van der Waals surface area contributed by atoms with E-state index in [2.05, 4.69) is 10.6 Å². The number of nitrogens with one attached hydrogen (secondary N) is 2. The Labute approximate surface area is 260 Å². The standard InChI is InChI=1S/C35H49F2N3O4/c1-4-14-40(15-5-2)35(44)28-17-24(3)16-27(22-28)34(43)39-31(20-26-18-29(36)23-30(37)19-26)32(41)12-13-38-33(42)21-25-10-8-6-7-9-11-25/h16-19,22-23,25,31-32,41H,4-15,20-21H2,1-3H3,(H,38,42)(H,39,43)/t31-,32+/m0/s1. The number of halogens is 2. The van der Waals surface area contributed by atoms with E-state index >= 15 is 0 Å². The number of nitrogens with zero attached hydrogens (tertiary/aromatic N) is 1. The number of carbonyl (C=O) groups is 3. The van der Waals surface area contributed by atoms with Crippen LogP contribution in [0.25, 0.3) is 0 Å². The first-order valence-corrected chi connectivity index (χ1v) is 16.2. The zero-order valence-corrected chi connectivity index (χ0v) is 26.5. The lowest BCUT2D eigenvalue weighted by Crippen LogP contribution is -2.46. The van der Waals surface area contributed by atoms with E-state index in [1.54, 1.807) is 30.0 Å². The van der Waals surface area contributed by atoms with Crippen LogP contribution in [0, 0.1) is 24.5 Å². The number of hydrogen-bond donors (Lipinski definition) is 3. The summed E-state index contributed by atoms with van der Waals surface area (Å²) in [5, 5.41) is 16.9. The fourth-order valence-electron chi connectivity index (χ4n) is 6.06. The first-order chi connectivity index (χ1) is 21.1. The predicted octanol–water partition coefficient (Wildman–Crippen LogP) is 6.10. The van der Waals surface area contributed by atoms with Crippen molar-refractivity contribution in [3.8, 4) is 0 Å². The Hall–Kier alpha value is -3.33. The van der Waals surface area contributed by atoms with Crippen LogP contribution in [-0.2, 0) is 11.2 Å². The zero-order valence-electron chi connectivity index (χ0n) is 26.5. The van der Waals surface area contributed by atoms with Crippen LogP contribution in [0.5, 0.6) is 0 Å². The highest BCUT2D eigenvalue weighted by atomic mass is 19.1. The van der Waals surface area contributed by atoms with Gasteiger partial charge in [-0.1, -0.05) is 39.5 Å². The summed E-state index contributed by atoms with van der Waals surface area (Å²) in [7, 11) is 0. The van der Waals surface area contributed by atoms with E-state index in [1.165, 1.54) is 25.0 Å². The average Bonchev–Trinajstić information content (AvgIpc) is 3.24. The van der Waals surface area contributed by atoms with Gasteiger partial charge in [-0.3, -0.25) is 14.4 Å². The van der Waals surface area contributed by atoms with Crippen molar-refractivity contribution < 1.29 is 28.3 Å². The Morgan fingerprint density at radius 2 is 1.52 bits per heavy atom. The average molecular weight is 614 g/mol. The highest BCUT2D eigenvalue weighted by Crippen LogP contribution is 2.25. The molecule has 0 aromatic heterocycles. The van der Waals surface area contributed by atoms with Crippen LogP contribution in [0.4, 0.5) is 8.78 Å². The Morgan fingerprint density at radius 3 is 2.14 bits per heavy atom. The van der Waals surface area contributed by atoms with E-state index in [0.717, 1.165) is 50.2 Å². The fraction of sp³-hybridized carbons (Fsp3) is 0.571. The van der Waals surface area contributed by atoms with Gasteiger partial charge in [0.1, 0.15) is 11.6 Å². The van der Waals surface area contributed by atoms with Crippen molar-refractivity contribution in [1.82, 2.24) is 15.5 Å². The topological polar surface area (TPSA) is 98.7 Å². The summed E-state index contributed by atoms with van der Waals surface area (Å²) < 4.78 is 28.0. The summed E-state index contributed by atoms with van der Waals surface area (Å²) in [6.45, 7) is 7.23. The third-order valence-corrected chi connectivity index (χ3v) is 8.23. The molecule has 0 radical (unpaired) electrons. The Morgan fingerprint density at radius 1 is 0.909 bits per heavy atom. The summed E-state index contributed by atoms with van der Waals surface area (Å²) >= 11 is 0. The second-order valence-corrected chi connectivity index (χ2v) is 12.2. The minimum atomic E-state index is -1.11. The molecule has 3 N–H and O–H groups in total. The molecule has 1 aliphatic rings. The Kier molecular flexibility index (Phi) is 14.2. The van der Waals surface area contributed by atoms with E-state index < -0.39 is 29.7 Å². The lowest BCUT2D eigenvalue weighted by atomic mass is 9.96. The second kappa shape index (κ2) is 17.8. The van der Waals surface area contributed by atoms with E-state index in [1.807, 2.05) is 13.8 Å². The molecular weight excluding hydrogens is 564 g/mol. The van der Waals surface area contributed by atoms with Crippen molar-refractivity contribution in [3.63, 3.8) is 0 Å². The number of aryl methyl sites for hydroxylation is 1. The van der Waals surface area contributed by atoms with Crippen LogP contribution in [0.3, 0.4) is 0 Å². The van der Waals surface area contributed by atoms with E-state index in [4.69, 9.17) is 0 Å². The molecule has 1 aliphatic carbocycles. The molecule has 0 unspecified atom stereocenters. The van der Waals surface area contributed by atoms with Crippen LogP contribution in [0.2, 0.25) is 0 Å². The molecule has 2 aromatic rings. The smallest absolute Gasteiger partial charge is 0.253 e. The van der Waals surface area contributed by atoms with Crippen molar-refractivity contribution in [2.75, 3.05) is 19.6 Å². The summed E-state index contributed by atoms with van der Waals surface area (Å²) in [5.74, 6) is -1.86. The molecule has 0 saturated heterocycles. The van der Waals surface area contributed by atoms with Crippen LogP contribution >= 0.6 is 0 Å². The third-order valence-electron chi connectivity index (χ3n) is 8.23. The molecule has 0 aliphatic heterocycles. The molecule has 242 valence electrons. The van der Waals surface area contributed by atoms with Gasteiger partial charge in [0.05, 0.1) is 12.1 Å². The molecule has 0 bridgehead atoms. The monoisotopic (exact) mass is 613 g/mol. The van der Waals surface area contributed by atoms with Crippen molar-refractivity contribution in [2.45, 2.75) is 104 Å². The molecule has 1 saturated carbocycles. The highest BCUT2D eigenvalue weighted by Gasteiger charge is 2.25. The van der Waals surface area contributed by atoms with Crippen LogP contribution in [0.15, 0.2) is 36.4 Å². The maximum Gasteiger partial charge on any atom is 0.253 e. The minimum Gasteiger partial charge on any atom is -0.391 e. The minimum absolute atomic E-state index is 0.0318. The zero-order chi connectivity index (χ0) is 32.1. The Bertz CT molecular complexity index is 1220. The lowest BCUT2D eigenvalue weighted by Gasteiger charge is -2.25. The highest BCUT2D eigenvalue weighted by molar-refractivity contribution is 6.00. The number of hydrogen-bond acceptors (Lipinski definition) is 4. The number of benzene rings is 2. The van der Waals surface area contributed by atoms with Crippen LogP contribution in [-0.4, -0.2) is 59.5 Å². The number of amides is 3. The van der Waals surface area contributed by atoms with Crippen molar-refractivity contribution >= 4 is 17.7 Å². The van der Waals surface area contributed by atoms with Crippen molar-refractivity contribution in [2.24, 2.45) is 5.92 Å². The normalized spacial score (nSPS) is 15.2. The molecule has 0 spiro atoms. The van der Waals surface area contributed by atoms with Crippen LogP contribution in [0.1, 0.15) is 110 Å². The first kappa shape index (κ1) is 35.2. The van der Waals surface area contributed by atoms with E-state index in [0.29, 0.717) is 31.0 Å². The van der Waals surface area contributed by atoms with Gasteiger partial charge in [-0.25, -0.2) is 8.78 Å². The van der Waals surface area contributed by atoms with Gasteiger partial charge in [0, 0.05) is 43.2 Å². The van der Waals surface area contributed by atoms with Gasteiger partial charge in [0.15, 0.2) is 0 Å². The maximum atomic E-state index is 14.0. The molecule has 3 rings (SSSR count). The van der Waals surface area contributed by atoms with Gasteiger partial charge in [-0.05, 0) is 92.8 Å². The molecule has 3 amide bonds. The molecule has 2 aromatic carbocycles. The Balaban J connectivity index is 1.73. The predicted molar refractivity (Wildman–Crippen MR) is 168 cm³/mol. The van der Waals surface area contributed by atoms with Gasteiger partial charge in [0.2, 0.25) is 5.91 Å². The van der Waals surface area contributed by atoms with Gasteiger partial charge < -0.3 is 20.6 Å². The fourth-order valence-corrected chi connectivity index (χ4v) is 6.06. The lowest BCUT2D eigenvalue weighted by molar-refractivity contribution is -0.122. The quantitative estimate of drug-likeness (QED) is 0.211. The summed E-state index contributed by atoms with van der Waals surface area (Å²) in [5.41, 5.74) is 1.66. The SMILES string of the molecule is CCCN(CCC)C(=O)c1cc(C)cc(C(=O)N[C@@H](Cc2cc(F)cc(F)c2)[C@H](O)CCNC(=O)CC2CCCCCC2)c1. The molecule has 1 fully saturated rings. The molecular formula is C35H49F2N3O4. The number of carbonyl (C=O) groups excluding carboxylic acids is 3. The summed E-state index contributed by atoms with van der Waals surface area (Å²) in [6.07, 6.45) is 7.89. The summed E-state index contributed by atoms with van der Waals surface area (Å²) in [6, 6.07) is 7.15. The maximum absolute atomic E-state index is 14.0. The number of rotatable bonds is 15. The largest absolute Gasteiger partial charge is 0.391 e. The van der Waals surface area contributed by atoms with Gasteiger partial charge in [0.25, 0.3) is 11.8 Å². The molecule has 44 heavy (non-hydrogen) atoms. The van der Waals surface area contributed by atoms with Gasteiger partial charge in [-0.2, -0.15) is 0 Å². The van der Waals surface area contributed by atoms with Gasteiger partial charge in [-0.15, -0.1) is 0 Å². The molecule has 9 heteroatoms. The molecule has 2 atom stereocenters. The summed E-state index contributed by atoms with van der Waals surface area (Å²) in [4.78, 5) is 41.1. The van der Waals surface area contributed by atoms with Crippen LogP contribution < -0.4 is 10.6 Å². The first-order valence-electron chi connectivity index (χ1n) is 16.2. The molecule has 0 heterocycles. The van der Waals surface area contributed by atoms with Crippen molar-refractivity contribution in [1.29, 1.82) is 0 Å². The second-order valence-electron chi connectivity index (χ2n) is 12.2. The van der Waals surface area contributed by atoms with Crippen molar-refractivity contribution in [3.05, 3.63) is 70.3 Å². The molecule has 7 nitrogen and oxygen atoms in total. The number of aliphatic hydroxyl groups excluding tert-OH is 1. The van der Waals surface area contributed by atoms with Gasteiger partial charge >= 0.3 is 0 Å². The third kappa shape index (κ3) is 11.3.